The van der Waals surface area contributed by atoms with Gasteiger partial charge in [0.05, 0.1) is 11.9 Å². The van der Waals surface area contributed by atoms with Crippen LogP contribution in [0.5, 0.6) is 0 Å². The summed E-state index contributed by atoms with van der Waals surface area (Å²) < 4.78 is 1.59. The van der Waals surface area contributed by atoms with Crippen molar-refractivity contribution in [2.24, 2.45) is 7.05 Å². The largest absolute Gasteiger partial charge is 0.382 e. The summed E-state index contributed by atoms with van der Waals surface area (Å²) in [6.07, 6.45) is 3.23. The molecule has 7 heteroatoms. The normalized spacial score (nSPS) is 10.1. The molecule has 16 heavy (non-hydrogen) atoms. The molecule has 2 heterocycles. The molecular weight excluding hydrogens is 208 g/mol. The van der Waals surface area contributed by atoms with E-state index in [-0.39, 0.29) is 17.4 Å². The number of nitrogens with two attached hydrogens (primary N) is 1. The van der Waals surface area contributed by atoms with Gasteiger partial charge in [0.25, 0.3) is 5.91 Å². The highest BCUT2D eigenvalue weighted by atomic mass is 16.1. The zero-order valence-corrected chi connectivity index (χ0v) is 8.58. The van der Waals surface area contributed by atoms with Crippen LogP contribution in [0.4, 0.5) is 11.5 Å². The summed E-state index contributed by atoms with van der Waals surface area (Å²) in [6.45, 7) is 0. The first-order chi connectivity index (χ1) is 7.65. The van der Waals surface area contributed by atoms with Gasteiger partial charge in [0.2, 0.25) is 0 Å². The summed E-state index contributed by atoms with van der Waals surface area (Å²) in [5, 5.41) is 13.8. The highest BCUT2D eigenvalue weighted by Gasteiger charge is 2.08. The minimum absolute atomic E-state index is 0.207. The van der Waals surface area contributed by atoms with Crippen LogP contribution in [-0.2, 0) is 7.05 Å². The van der Waals surface area contributed by atoms with Crippen molar-refractivity contribution in [3.63, 3.8) is 0 Å². The van der Waals surface area contributed by atoms with Gasteiger partial charge in [-0.05, 0) is 12.1 Å². The smallest absolute Gasteiger partial charge is 0.276 e. The Kier molecular flexibility index (Phi) is 2.50. The third kappa shape index (κ3) is 2.14. The molecule has 0 saturated carbocycles. The number of anilines is 2. The Morgan fingerprint density at radius 2 is 2.25 bits per heavy atom. The molecule has 0 spiro atoms. The number of nitrogens with zero attached hydrogens (tertiary/aromatic N) is 4. The SMILES string of the molecule is Cn1cc(NC(=O)c2ccc(N)nn2)cn1. The fraction of sp³-hybridized carbons (Fsp3) is 0.111. The Morgan fingerprint density at radius 1 is 1.44 bits per heavy atom. The van der Waals surface area contributed by atoms with Crippen molar-refractivity contribution in [2.75, 3.05) is 11.1 Å². The maximum Gasteiger partial charge on any atom is 0.276 e. The van der Waals surface area contributed by atoms with Crippen LogP contribution in [0.3, 0.4) is 0 Å². The predicted octanol–water partition coefficient (Wildman–Crippen LogP) is 0.0446. The number of nitrogen functional groups attached to an aromatic ring is 1. The molecule has 0 fully saturated rings. The summed E-state index contributed by atoms with van der Waals surface area (Å²) in [5.74, 6) is -0.0709. The molecule has 2 aromatic heterocycles. The average molecular weight is 218 g/mol. The van der Waals surface area contributed by atoms with Gasteiger partial charge in [-0.15, -0.1) is 10.2 Å². The van der Waals surface area contributed by atoms with Crippen LogP contribution in [0.15, 0.2) is 24.5 Å². The lowest BCUT2D eigenvalue weighted by molar-refractivity contribution is 0.102. The second kappa shape index (κ2) is 3.97. The van der Waals surface area contributed by atoms with Crippen LogP contribution in [-0.4, -0.2) is 25.9 Å². The zero-order valence-electron chi connectivity index (χ0n) is 8.58. The van der Waals surface area contributed by atoms with E-state index in [9.17, 15) is 4.79 Å². The van der Waals surface area contributed by atoms with Crippen molar-refractivity contribution in [1.82, 2.24) is 20.0 Å². The maximum atomic E-state index is 11.6. The first kappa shape index (κ1) is 10.1. The number of carbonyl (C=O) groups is 1. The lowest BCUT2D eigenvalue weighted by Gasteiger charge is -2.00. The molecule has 7 nitrogen and oxygen atoms in total. The summed E-state index contributed by atoms with van der Waals surface area (Å²) in [5.41, 5.74) is 6.17. The van der Waals surface area contributed by atoms with Crippen molar-refractivity contribution in [3.8, 4) is 0 Å². The number of nitrogens with one attached hydrogen (secondary N) is 1. The lowest BCUT2D eigenvalue weighted by atomic mass is 10.3. The van der Waals surface area contributed by atoms with Gasteiger partial charge in [0.15, 0.2) is 5.69 Å². The third-order valence-corrected chi connectivity index (χ3v) is 1.88. The van der Waals surface area contributed by atoms with Crippen LogP contribution >= 0.6 is 0 Å². The molecule has 2 aromatic rings. The molecular formula is C9H10N6O. The van der Waals surface area contributed by atoms with E-state index >= 15 is 0 Å². The van der Waals surface area contributed by atoms with Crippen LogP contribution in [0, 0.1) is 0 Å². The number of hydrogen-bond donors (Lipinski definition) is 2. The number of carbonyl (C=O) groups excluding carboxylic acids is 1. The molecule has 0 radical (unpaired) electrons. The van der Waals surface area contributed by atoms with E-state index in [0.29, 0.717) is 5.69 Å². The minimum atomic E-state index is -0.347. The first-order valence-corrected chi connectivity index (χ1v) is 4.54. The quantitative estimate of drug-likeness (QED) is 0.741. The van der Waals surface area contributed by atoms with Crippen molar-refractivity contribution in [3.05, 3.63) is 30.2 Å². The zero-order chi connectivity index (χ0) is 11.5. The number of hydrogen-bond acceptors (Lipinski definition) is 5. The van der Waals surface area contributed by atoms with Crippen molar-refractivity contribution >= 4 is 17.4 Å². The number of rotatable bonds is 2. The summed E-state index contributed by atoms with van der Waals surface area (Å²) >= 11 is 0. The summed E-state index contributed by atoms with van der Waals surface area (Å²) in [4.78, 5) is 11.6. The Labute approximate surface area is 91.3 Å². The Balaban J connectivity index is 2.11. The second-order valence-corrected chi connectivity index (χ2v) is 3.20. The van der Waals surface area contributed by atoms with Gasteiger partial charge < -0.3 is 11.1 Å². The van der Waals surface area contributed by atoms with Gasteiger partial charge in [-0.25, -0.2) is 0 Å². The van der Waals surface area contributed by atoms with E-state index in [1.54, 1.807) is 24.1 Å². The monoisotopic (exact) mass is 218 g/mol. The summed E-state index contributed by atoms with van der Waals surface area (Å²) in [6, 6.07) is 3.03. The molecule has 0 unspecified atom stereocenters. The van der Waals surface area contributed by atoms with Crippen LogP contribution in [0.2, 0.25) is 0 Å². The number of aryl methyl sites for hydroxylation is 1. The predicted molar refractivity (Wildman–Crippen MR) is 57.6 cm³/mol. The molecule has 2 rings (SSSR count). The molecule has 0 atom stereocenters. The highest BCUT2D eigenvalue weighted by molar-refractivity contribution is 6.02. The van der Waals surface area contributed by atoms with E-state index in [4.69, 9.17) is 5.73 Å². The van der Waals surface area contributed by atoms with Gasteiger partial charge >= 0.3 is 0 Å². The number of amides is 1. The van der Waals surface area contributed by atoms with E-state index in [2.05, 4.69) is 20.6 Å². The molecule has 3 N–H and O–H groups in total. The topological polar surface area (TPSA) is 98.7 Å². The van der Waals surface area contributed by atoms with Gasteiger partial charge in [0.1, 0.15) is 5.82 Å². The molecule has 1 amide bonds. The van der Waals surface area contributed by atoms with Crippen LogP contribution in [0.25, 0.3) is 0 Å². The van der Waals surface area contributed by atoms with Crippen LogP contribution in [0.1, 0.15) is 10.5 Å². The molecule has 0 aliphatic heterocycles. The van der Waals surface area contributed by atoms with Gasteiger partial charge in [0, 0.05) is 13.2 Å². The molecule has 0 aromatic carbocycles. The minimum Gasteiger partial charge on any atom is -0.382 e. The first-order valence-electron chi connectivity index (χ1n) is 4.54. The van der Waals surface area contributed by atoms with Gasteiger partial charge in [-0.3, -0.25) is 9.48 Å². The summed E-state index contributed by atoms with van der Waals surface area (Å²) in [7, 11) is 1.76. The Hall–Kier alpha value is -2.44. The Bertz CT molecular complexity index is 503. The maximum absolute atomic E-state index is 11.6. The van der Waals surface area contributed by atoms with Crippen molar-refractivity contribution in [2.45, 2.75) is 0 Å². The van der Waals surface area contributed by atoms with Crippen molar-refractivity contribution < 1.29 is 4.79 Å². The highest BCUT2D eigenvalue weighted by Crippen LogP contribution is 2.06. The van der Waals surface area contributed by atoms with Gasteiger partial charge in [-0.2, -0.15) is 5.10 Å². The molecule has 0 bridgehead atoms. The van der Waals surface area contributed by atoms with E-state index < -0.39 is 0 Å². The molecule has 0 saturated heterocycles. The fourth-order valence-electron chi connectivity index (χ4n) is 1.14. The molecule has 82 valence electrons. The average Bonchev–Trinajstić information content (AvgIpc) is 2.65. The van der Waals surface area contributed by atoms with E-state index in [1.807, 2.05) is 0 Å². The lowest BCUT2D eigenvalue weighted by Crippen LogP contribution is -2.14. The Morgan fingerprint density at radius 3 is 2.81 bits per heavy atom. The van der Waals surface area contributed by atoms with E-state index in [1.165, 1.54) is 12.1 Å². The van der Waals surface area contributed by atoms with Gasteiger partial charge in [-0.1, -0.05) is 0 Å². The second-order valence-electron chi connectivity index (χ2n) is 3.20. The molecule has 0 aliphatic rings. The standard InChI is InChI=1S/C9H10N6O/c1-15-5-6(4-11-15)12-9(16)7-2-3-8(10)14-13-7/h2-5H,1H3,(H2,10,14)(H,12,16). The third-order valence-electron chi connectivity index (χ3n) is 1.88. The van der Waals surface area contributed by atoms with E-state index in [0.717, 1.165) is 0 Å². The fourth-order valence-corrected chi connectivity index (χ4v) is 1.14. The molecule has 0 aliphatic carbocycles. The number of aromatic nitrogens is 4. The van der Waals surface area contributed by atoms with Crippen LogP contribution < -0.4 is 11.1 Å². The van der Waals surface area contributed by atoms with Crippen molar-refractivity contribution in [1.29, 1.82) is 0 Å².